The maximum absolute atomic E-state index is 11.0. The maximum Gasteiger partial charge on any atom is 0.243 e. The molecule has 0 aliphatic carbocycles. The van der Waals surface area contributed by atoms with Gasteiger partial charge in [0.1, 0.15) is 5.01 Å². The van der Waals surface area contributed by atoms with E-state index >= 15 is 0 Å². The normalized spacial score (nSPS) is 10.7. The molecular weight excluding hydrogens is 286 g/mol. The summed E-state index contributed by atoms with van der Waals surface area (Å²) >= 11 is 1.53. The Morgan fingerprint density at radius 2 is 2.19 bits per heavy atom. The number of pyridine rings is 1. The number of aromatic nitrogens is 2. The Kier molecular flexibility index (Phi) is 3.89. The third kappa shape index (κ3) is 3.07. The van der Waals surface area contributed by atoms with Crippen LogP contribution < -0.4 is 5.48 Å². The van der Waals surface area contributed by atoms with Crippen LogP contribution in [0.25, 0.3) is 21.5 Å². The van der Waals surface area contributed by atoms with E-state index in [0.717, 1.165) is 27.2 Å². The van der Waals surface area contributed by atoms with E-state index in [1.165, 1.54) is 11.3 Å². The van der Waals surface area contributed by atoms with Crippen molar-refractivity contribution in [2.24, 2.45) is 0 Å². The molecule has 0 saturated heterocycles. The zero-order valence-electron chi connectivity index (χ0n) is 11.1. The van der Waals surface area contributed by atoms with Crippen molar-refractivity contribution in [1.82, 2.24) is 15.4 Å². The first-order valence-electron chi connectivity index (χ1n) is 6.49. The van der Waals surface area contributed by atoms with Gasteiger partial charge in [-0.15, -0.1) is 11.3 Å². The summed E-state index contributed by atoms with van der Waals surface area (Å²) in [6.45, 7) is 0. The molecule has 3 aromatic rings. The standard InChI is InChI=1S/C15H13N3O2S/c19-14(18-20)6-5-12-9-21-15(17-12)11-7-10-3-1-2-4-13(10)16-8-11/h1-4,7-9,20H,5-6H2,(H,18,19). The van der Waals surface area contributed by atoms with Gasteiger partial charge in [0.2, 0.25) is 5.91 Å². The molecule has 0 saturated carbocycles. The van der Waals surface area contributed by atoms with Crippen LogP contribution in [0.1, 0.15) is 12.1 Å². The van der Waals surface area contributed by atoms with E-state index in [0.29, 0.717) is 6.42 Å². The van der Waals surface area contributed by atoms with E-state index in [4.69, 9.17) is 5.21 Å². The summed E-state index contributed by atoms with van der Waals surface area (Å²) in [4.78, 5) is 19.9. The minimum absolute atomic E-state index is 0.218. The van der Waals surface area contributed by atoms with Crippen LogP contribution in [0.3, 0.4) is 0 Å². The minimum Gasteiger partial charge on any atom is -0.289 e. The fourth-order valence-electron chi connectivity index (χ4n) is 2.04. The largest absolute Gasteiger partial charge is 0.289 e. The monoisotopic (exact) mass is 299 g/mol. The average Bonchev–Trinajstić information content (AvgIpc) is 3.01. The first-order valence-corrected chi connectivity index (χ1v) is 7.37. The van der Waals surface area contributed by atoms with Crippen molar-refractivity contribution in [2.75, 3.05) is 0 Å². The molecule has 1 aromatic carbocycles. The van der Waals surface area contributed by atoms with E-state index in [1.54, 1.807) is 5.48 Å². The number of rotatable bonds is 4. The Hall–Kier alpha value is -2.31. The second kappa shape index (κ2) is 5.99. The molecule has 21 heavy (non-hydrogen) atoms. The van der Waals surface area contributed by atoms with Gasteiger partial charge in [-0.05, 0) is 18.6 Å². The summed E-state index contributed by atoms with van der Waals surface area (Å²) in [7, 11) is 0. The van der Waals surface area contributed by atoms with E-state index < -0.39 is 5.91 Å². The fraction of sp³-hybridized carbons (Fsp3) is 0.133. The maximum atomic E-state index is 11.0. The Bertz CT molecular complexity index is 785. The number of nitrogens with zero attached hydrogens (tertiary/aromatic N) is 2. The smallest absolute Gasteiger partial charge is 0.243 e. The molecule has 0 aliphatic rings. The molecule has 106 valence electrons. The SMILES string of the molecule is O=C(CCc1csc(-c2cnc3ccccc3c2)n1)NO. The van der Waals surface area contributed by atoms with Gasteiger partial charge in [-0.1, -0.05) is 18.2 Å². The zero-order chi connectivity index (χ0) is 14.7. The Labute approximate surface area is 125 Å². The van der Waals surface area contributed by atoms with Crippen molar-refractivity contribution in [3.63, 3.8) is 0 Å². The zero-order valence-corrected chi connectivity index (χ0v) is 11.9. The van der Waals surface area contributed by atoms with Crippen molar-refractivity contribution < 1.29 is 10.0 Å². The summed E-state index contributed by atoms with van der Waals surface area (Å²) in [6.07, 6.45) is 2.53. The van der Waals surface area contributed by atoms with E-state index in [9.17, 15) is 4.79 Å². The van der Waals surface area contributed by atoms with Crippen molar-refractivity contribution >= 4 is 28.1 Å². The number of hydrogen-bond donors (Lipinski definition) is 2. The van der Waals surface area contributed by atoms with E-state index in [-0.39, 0.29) is 6.42 Å². The average molecular weight is 299 g/mol. The van der Waals surface area contributed by atoms with Gasteiger partial charge in [0.25, 0.3) is 0 Å². The predicted molar refractivity (Wildman–Crippen MR) is 81.1 cm³/mol. The van der Waals surface area contributed by atoms with Gasteiger partial charge >= 0.3 is 0 Å². The van der Waals surface area contributed by atoms with Gasteiger partial charge in [-0.2, -0.15) is 0 Å². The topological polar surface area (TPSA) is 75.1 Å². The quantitative estimate of drug-likeness (QED) is 0.574. The lowest BCUT2D eigenvalue weighted by Gasteiger charge is -2.00. The summed E-state index contributed by atoms with van der Waals surface area (Å²) in [5, 5.41) is 12.4. The lowest BCUT2D eigenvalue weighted by Crippen LogP contribution is -2.18. The Morgan fingerprint density at radius 1 is 1.33 bits per heavy atom. The van der Waals surface area contributed by atoms with Gasteiger partial charge < -0.3 is 0 Å². The number of carbonyl (C=O) groups is 1. The number of fused-ring (bicyclic) bond motifs is 1. The van der Waals surface area contributed by atoms with Gasteiger partial charge in [-0.3, -0.25) is 15.0 Å². The molecule has 0 spiro atoms. The minimum atomic E-state index is -0.406. The third-order valence-corrected chi connectivity index (χ3v) is 4.06. The van der Waals surface area contributed by atoms with Gasteiger partial charge in [0, 0.05) is 28.9 Å². The molecule has 3 rings (SSSR count). The molecule has 2 heterocycles. The summed E-state index contributed by atoms with van der Waals surface area (Å²) in [5.74, 6) is -0.406. The highest BCUT2D eigenvalue weighted by atomic mass is 32.1. The number of nitrogens with one attached hydrogen (secondary N) is 1. The number of hydroxylamine groups is 1. The first kappa shape index (κ1) is 13.7. The Balaban J connectivity index is 1.82. The van der Waals surface area contributed by atoms with Crippen LogP contribution in [0.5, 0.6) is 0 Å². The number of amides is 1. The number of aryl methyl sites for hydroxylation is 1. The first-order chi connectivity index (χ1) is 10.3. The number of thiazole rings is 1. The lowest BCUT2D eigenvalue weighted by atomic mass is 10.2. The van der Waals surface area contributed by atoms with Crippen LogP contribution in [0, 0.1) is 0 Å². The van der Waals surface area contributed by atoms with Crippen LogP contribution >= 0.6 is 11.3 Å². The second-order valence-corrected chi connectivity index (χ2v) is 5.45. The highest BCUT2D eigenvalue weighted by Crippen LogP contribution is 2.26. The van der Waals surface area contributed by atoms with Crippen molar-refractivity contribution in [2.45, 2.75) is 12.8 Å². The number of para-hydroxylation sites is 1. The van der Waals surface area contributed by atoms with E-state index in [2.05, 4.69) is 16.0 Å². The van der Waals surface area contributed by atoms with Crippen LogP contribution in [0.15, 0.2) is 41.9 Å². The predicted octanol–water partition coefficient (Wildman–Crippen LogP) is 2.80. The van der Waals surface area contributed by atoms with Crippen molar-refractivity contribution in [3.8, 4) is 10.6 Å². The van der Waals surface area contributed by atoms with Crippen molar-refractivity contribution in [1.29, 1.82) is 0 Å². The molecule has 2 N–H and O–H groups in total. The molecule has 6 heteroatoms. The van der Waals surface area contributed by atoms with E-state index in [1.807, 2.05) is 35.8 Å². The van der Waals surface area contributed by atoms with Gasteiger partial charge in [0.15, 0.2) is 0 Å². The van der Waals surface area contributed by atoms with Crippen LogP contribution in [-0.2, 0) is 11.2 Å². The summed E-state index contributed by atoms with van der Waals surface area (Å²) < 4.78 is 0. The molecule has 0 unspecified atom stereocenters. The Morgan fingerprint density at radius 3 is 3.05 bits per heavy atom. The highest BCUT2D eigenvalue weighted by Gasteiger charge is 2.08. The molecule has 2 aromatic heterocycles. The van der Waals surface area contributed by atoms with Gasteiger partial charge in [0.05, 0.1) is 11.2 Å². The van der Waals surface area contributed by atoms with Crippen LogP contribution in [0.2, 0.25) is 0 Å². The lowest BCUT2D eigenvalue weighted by molar-refractivity contribution is -0.129. The molecule has 0 bridgehead atoms. The number of benzene rings is 1. The van der Waals surface area contributed by atoms with Crippen LogP contribution in [0.4, 0.5) is 0 Å². The summed E-state index contributed by atoms with van der Waals surface area (Å²) in [6, 6.07) is 9.99. The second-order valence-electron chi connectivity index (χ2n) is 4.60. The number of hydrogen-bond acceptors (Lipinski definition) is 5. The third-order valence-electron chi connectivity index (χ3n) is 3.12. The molecule has 5 nitrogen and oxygen atoms in total. The molecule has 0 atom stereocenters. The van der Waals surface area contributed by atoms with Gasteiger partial charge in [-0.25, -0.2) is 10.5 Å². The molecule has 0 radical (unpaired) electrons. The fourth-order valence-corrected chi connectivity index (χ4v) is 2.88. The molecule has 0 fully saturated rings. The molecule has 1 amide bonds. The van der Waals surface area contributed by atoms with Crippen LogP contribution in [-0.4, -0.2) is 21.1 Å². The molecule has 0 aliphatic heterocycles. The van der Waals surface area contributed by atoms with Crippen molar-refractivity contribution in [3.05, 3.63) is 47.6 Å². The summed E-state index contributed by atoms with van der Waals surface area (Å²) in [5.41, 5.74) is 4.39. The number of carbonyl (C=O) groups excluding carboxylic acids is 1. The highest BCUT2D eigenvalue weighted by molar-refractivity contribution is 7.13. The molecular formula is C15H13N3O2S.